The van der Waals surface area contributed by atoms with Crippen LogP contribution < -0.4 is 9.80 Å². The second kappa shape index (κ2) is 10.3. The van der Waals surface area contributed by atoms with Crippen LogP contribution in [-0.2, 0) is 0 Å². The van der Waals surface area contributed by atoms with Gasteiger partial charge in [-0.2, -0.15) is 0 Å². The Morgan fingerprint density at radius 1 is 0.871 bits per heavy atom. The molecule has 9 heteroatoms. The number of carbonyl (C=O) groups excluding carboxylic acids is 1. The van der Waals surface area contributed by atoms with Gasteiger partial charge in [0.2, 0.25) is 0 Å². The van der Waals surface area contributed by atoms with E-state index in [9.17, 15) is 4.79 Å². The Morgan fingerprint density at radius 3 is 1.90 bits per heavy atom. The van der Waals surface area contributed by atoms with E-state index in [0.29, 0.717) is 13.1 Å². The van der Waals surface area contributed by atoms with E-state index in [0.717, 1.165) is 67.9 Å². The normalized spacial score (nSPS) is 17.8. The Kier molecular flexibility index (Phi) is 7.26. The van der Waals surface area contributed by atoms with Crippen LogP contribution in [0.15, 0.2) is 41.3 Å². The lowest BCUT2D eigenvalue weighted by molar-refractivity contribution is 0.0746. The van der Waals surface area contributed by atoms with Gasteiger partial charge in [-0.1, -0.05) is 0 Å². The highest BCUT2D eigenvalue weighted by atomic mass is 32.2. The van der Waals surface area contributed by atoms with E-state index in [1.807, 2.05) is 47.6 Å². The molecule has 2 aromatic rings. The summed E-state index contributed by atoms with van der Waals surface area (Å²) in [5.74, 6) is 1.85. The van der Waals surface area contributed by atoms with E-state index < -0.39 is 0 Å². The number of aliphatic hydroxyl groups excluding tert-OH is 1. The van der Waals surface area contributed by atoms with Crippen molar-refractivity contribution in [1.82, 2.24) is 20.0 Å². The third-order valence-corrected chi connectivity index (χ3v) is 6.72. The van der Waals surface area contributed by atoms with Gasteiger partial charge in [-0.05, 0) is 42.7 Å². The molecule has 31 heavy (non-hydrogen) atoms. The fraction of sp³-hybridized carbons (Fsp3) is 0.500. The topological polar surface area (TPSA) is 76.0 Å². The second-order valence-corrected chi connectivity index (χ2v) is 8.69. The molecule has 2 aliphatic heterocycles. The Balaban J connectivity index is 1.29. The van der Waals surface area contributed by atoms with Gasteiger partial charge in [0.25, 0.3) is 5.91 Å². The molecule has 1 aromatic carbocycles. The summed E-state index contributed by atoms with van der Waals surface area (Å²) in [6, 6.07) is 11.9. The molecule has 3 heterocycles. The van der Waals surface area contributed by atoms with Crippen molar-refractivity contribution in [2.45, 2.75) is 4.90 Å². The summed E-state index contributed by atoms with van der Waals surface area (Å²) in [6.07, 6.45) is 2.03. The maximum Gasteiger partial charge on any atom is 0.253 e. The molecule has 2 fully saturated rings. The quantitative estimate of drug-likeness (QED) is 0.671. The molecule has 1 aromatic heterocycles. The lowest BCUT2D eigenvalue weighted by atomic mass is 10.2. The van der Waals surface area contributed by atoms with Crippen molar-refractivity contribution in [2.75, 3.05) is 81.6 Å². The molecule has 166 valence electrons. The van der Waals surface area contributed by atoms with Crippen LogP contribution in [0, 0.1) is 0 Å². The van der Waals surface area contributed by atoms with Gasteiger partial charge in [-0.25, -0.2) is 0 Å². The summed E-state index contributed by atoms with van der Waals surface area (Å²) >= 11 is 1.68. The standard InChI is InChI=1S/C22H30N6O2S/c1-31-19-4-2-18(3-5-19)22(30)28-14-12-27(13-15-28)21-7-6-20(23-24-21)26-10-8-25(9-11-26)16-17-29/h2-7,29H,8-17H2,1H3. The van der Waals surface area contributed by atoms with Gasteiger partial charge in [0, 0.05) is 69.4 Å². The van der Waals surface area contributed by atoms with Crippen LogP contribution in [0.25, 0.3) is 0 Å². The Bertz CT molecular complexity index is 847. The minimum absolute atomic E-state index is 0.0917. The van der Waals surface area contributed by atoms with Gasteiger partial charge in [0.05, 0.1) is 6.61 Å². The first-order valence-electron chi connectivity index (χ1n) is 10.8. The van der Waals surface area contributed by atoms with Gasteiger partial charge in [0.15, 0.2) is 11.6 Å². The summed E-state index contributed by atoms with van der Waals surface area (Å²) in [5, 5.41) is 18.0. The molecule has 0 unspecified atom stereocenters. The van der Waals surface area contributed by atoms with Crippen molar-refractivity contribution < 1.29 is 9.90 Å². The maximum absolute atomic E-state index is 12.8. The van der Waals surface area contributed by atoms with Gasteiger partial charge in [-0.15, -0.1) is 22.0 Å². The molecule has 1 amide bonds. The fourth-order valence-electron chi connectivity index (χ4n) is 4.05. The average molecular weight is 443 g/mol. The number of carbonyl (C=O) groups is 1. The van der Waals surface area contributed by atoms with Crippen molar-refractivity contribution in [3.05, 3.63) is 42.0 Å². The molecule has 4 rings (SSSR count). The smallest absolute Gasteiger partial charge is 0.253 e. The highest BCUT2D eigenvalue weighted by Gasteiger charge is 2.24. The second-order valence-electron chi connectivity index (χ2n) is 7.81. The zero-order valence-corrected chi connectivity index (χ0v) is 18.8. The third kappa shape index (κ3) is 5.28. The lowest BCUT2D eigenvalue weighted by Gasteiger charge is -2.36. The maximum atomic E-state index is 12.8. The summed E-state index contributed by atoms with van der Waals surface area (Å²) < 4.78 is 0. The first-order valence-corrected chi connectivity index (χ1v) is 12.0. The van der Waals surface area contributed by atoms with E-state index in [1.165, 1.54) is 0 Å². The molecule has 0 bridgehead atoms. The number of amides is 1. The third-order valence-electron chi connectivity index (χ3n) is 5.98. The van der Waals surface area contributed by atoms with Crippen molar-refractivity contribution in [1.29, 1.82) is 0 Å². The zero-order valence-electron chi connectivity index (χ0n) is 18.0. The monoisotopic (exact) mass is 442 g/mol. The Labute approximate surface area is 187 Å². The molecule has 0 saturated carbocycles. The van der Waals surface area contributed by atoms with Crippen molar-refractivity contribution in [2.24, 2.45) is 0 Å². The van der Waals surface area contributed by atoms with E-state index in [2.05, 4.69) is 24.9 Å². The number of rotatable bonds is 6. The molecular formula is C22H30N6O2S. The molecule has 0 radical (unpaired) electrons. The Morgan fingerprint density at radius 2 is 1.42 bits per heavy atom. The van der Waals surface area contributed by atoms with Crippen LogP contribution >= 0.6 is 11.8 Å². The van der Waals surface area contributed by atoms with Crippen LogP contribution in [0.1, 0.15) is 10.4 Å². The van der Waals surface area contributed by atoms with Crippen LogP contribution in [0.2, 0.25) is 0 Å². The molecule has 8 nitrogen and oxygen atoms in total. The first kappa shape index (κ1) is 21.9. The fourth-order valence-corrected chi connectivity index (χ4v) is 4.46. The summed E-state index contributed by atoms with van der Waals surface area (Å²) in [5.41, 5.74) is 0.745. The van der Waals surface area contributed by atoms with Gasteiger partial charge < -0.3 is 19.8 Å². The zero-order chi connectivity index (χ0) is 21.6. The van der Waals surface area contributed by atoms with Crippen LogP contribution in [0.3, 0.4) is 0 Å². The minimum atomic E-state index is 0.0917. The van der Waals surface area contributed by atoms with Crippen molar-refractivity contribution in [3.8, 4) is 0 Å². The molecule has 0 aliphatic carbocycles. The van der Waals surface area contributed by atoms with Crippen molar-refractivity contribution >= 4 is 29.3 Å². The summed E-state index contributed by atoms with van der Waals surface area (Å²) in [7, 11) is 0. The largest absolute Gasteiger partial charge is 0.395 e. The highest BCUT2D eigenvalue weighted by Crippen LogP contribution is 2.20. The number of hydrogen-bond donors (Lipinski definition) is 1. The molecule has 1 N–H and O–H groups in total. The number of hydrogen-bond acceptors (Lipinski definition) is 8. The predicted octanol–water partition coefficient (Wildman–Crippen LogP) is 1.28. The van der Waals surface area contributed by atoms with Crippen molar-refractivity contribution in [3.63, 3.8) is 0 Å². The number of β-amino-alcohol motifs (C(OH)–C–C–N with tert-alkyl or cyclic N) is 1. The average Bonchev–Trinajstić information content (AvgIpc) is 2.85. The lowest BCUT2D eigenvalue weighted by Crippen LogP contribution is -2.49. The number of aliphatic hydroxyl groups is 1. The van der Waals surface area contributed by atoms with Gasteiger partial charge in [-0.3, -0.25) is 9.69 Å². The SMILES string of the molecule is CSc1ccc(C(=O)N2CCN(c3ccc(N4CCN(CCO)CC4)nn3)CC2)cc1. The number of benzene rings is 1. The molecule has 2 aliphatic rings. The van der Waals surface area contributed by atoms with E-state index >= 15 is 0 Å². The summed E-state index contributed by atoms with van der Waals surface area (Å²) in [6.45, 7) is 7.46. The van der Waals surface area contributed by atoms with Crippen LogP contribution in [-0.4, -0.2) is 103 Å². The number of aromatic nitrogens is 2. The first-order chi connectivity index (χ1) is 15.2. The van der Waals surface area contributed by atoms with Crippen LogP contribution in [0.4, 0.5) is 11.6 Å². The van der Waals surface area contributed by atoms with Crippen LogP contribution in [0.5, 0.6) is 0 Å². The molecular weight excluding hydrogens is 412 g/mol. The van der Waals surface area contributed by atoms with E-state index in [-0.39, 0.29) is 12.5 Å². The molecule has 0 spiro atoms. The number of piperazine rings is 2. The van der Waals surface area contributed by atoms with Gasteiger partial charge >= 0.3 is 0 Å². The minimum Gasteiger partial charge on any atom is -0.395 e. The van der Waals surface area contributed by atoms with E-state index in [4.69, 9.17) is 5.11 Å². The van der Waals surface area contributed by atoms with E-state index in [1.54, 1.807) is 11.8 Å². The predicted molar refractivity (Wildman–Crippen MR) is 124 cm³/mol. The molecule has 2 saturated heterocycles. The number of anilines is 2. The molecule has 0 atom stereocenters. The Hall–Kier alpha value is -2.36. The highest BCUT2D eigenvalue weighted by molar-refractivity contribution is 7.98. The van der Waals surface area contributed by atoms with Gasteiger partial charge in [0.1, 0.15) is 0 Å². The summed E-state index contributed by atoms with van der Waals surface area (Å²) in [4.78, 5) is 22.5. The number of thioether (sulfide) groups is 1. The number of nitrogens with zero attached hydrogens (tertiary/aromatic N) is 6.